The van der Waals surface area contributed by atoms with E-state index >= 15 is 0 Å². The van der Waals surface area contributed by atoms with Crippen molar-refractivity contribution in [1.29, 1.82) is 0 Å². The number of carbonyl (C=O) groups is 1. The molecule has 0 atom stereocenters. The summed E-state index contributed by atoms with van der Waals surface area (Å²) in [5, 5.41) is 2.32. The van der Waals surface area contributed by atoms with Crippen LogP contribution in [0.3, 0.4) is 0 Å². The van der Waals surface area contributed by atoms with Crippen LogP contribution in [0.1, 0.15) is 15.9 Å². The molecule has 0 fully saturated rings. The molecular formula is C19H15ClF3N3O2. The lowest BCUT2D eigenvalue weighted by Crippen LogP contribution is -2.13. The van der Waals surface area contributed by atoms with Crippen LogP contribution >= 0.6 is 11.6 Å². The number of carbonyl (C=O) groups excluding carboxylic acids is 1. The van der Waals surface area contributed by atoms with Gasteiger partial charge in [0.1, 0.15) is 12.4 Å². The Morgan fingerprint density at radius 1 is 1.18 bits per heavy atom. The third kappa shape index (κ3) is 5.04. The van der Waals surface area contributed by atoms with Gasteiger partial charge < -0.3 is 14.6 Å². The first-order chi connectivity index (χ1) is 13.3. The van der Waals surface area contributed by atoms with Crippen molar-refractivity contribution in [2.45, 2.75) is 12.7 Å². The summed E-state index contributed by atoms with van der Waals surface area (Å²) in [5.74, 6) is 0.0122. The number of aromatic nitrogens is 2. The molecule has 28 heavy (non-hydrogen) atoms. The number of rotatable bonds is 6. The van der Waals surface area contributed by atoms with Gasteiger partial charge in [0, 0.05) is 18.1 Å². The molecule has 0 spiro atoms. The number of hydrogen-bond acceptors (Lipinski definition) is 3. The van der Waals surface area contributed by atoms with E-state index in [0.717, 1.165) is 18.2 Å². The minimum Gasteiger partial charge on any atom is -0.492 e. The fraction of sp³-hybridized carbons (Fsp3) is 0.158. The van der Waals surface area contributed by atoms with Gasteiger partial charge in [-0.25, -0.2) is 4.98 Å². The highest BCUT2D eigenvalue weighted by molar-refractivity contribution is 6.34. The van der Waals surface area contributed by atoms with Gasteiger partial charge >= 0.3 is 6.18 Å². The predicted molar refractivity (Wildman–Crippen MR) is 98.6 cm³/mol. The first kappa shape index (κ1) is 19.8. The molecule has 3 aromatic rings. The Kier molecular flexibility index (Phi) is 5.89. The molecule has 5 nitrogen and oxygen atoms in total. The Balaban J connectivity index is 1.58. The third-order valence-electron chi connectivity index (χ3n) is 3.83. The molecular weight excluding hydrogens is 395 g/mol. The van der Waals surface area contributed by atoms with Gasteiger partial charge in [-0.3, -0.25) is 4.79 Å². The lowest BCUT2D eigenvalue weighted by atomic mass is 10.1. The number of nitrogens with one attached hydrogen (secondary N) is 1. The summed E-state index contributed by atoms with van der Waals surface area (Å²) in [7, 11) is 0. The summed E-state index contributed by atoms with van der Waals surface area (Å²) in [5.41, 5.74) is -0.496. The SMILES string of the molecule is O=C(Nc1ccc(OCCn2ccnc2)cc1)c1ccc(C(F)(F)F)cc1Cl. The number of alkyl halides is 3. The second kappa shape index (κ2) is 8.35. The van der Waals surface area contributed by atoms with Crippen LogP contribution in [-0.4, -0.2) is 22.1 Å². The molecule has 0 unspecified atom stereocenters. The van der Waals surface area contributed by atoms with Crippen molar-refractivity contribution in [2.75, 3.05) is 11.9 Å². The number of amides is 1. The number of anilines is 1. The molecule has 0 radical (unpaired) electrons. The zero-order valence-electron chi connectivity index (χ0n) is 14.4. The fourth-order valence-corrected chi connectivity index (χ4v) is 2.66. The monoisotopic (exact) mass is 409 g/mol. The van der Waals surface area contributed by atoms with Crippen molar-refractivity contribution in [3.63, 3.8) is 0 Å². The van der Waals surface area contributed by atoms with Crippen LogP contribution in [0.2, 0.25) is 5.02 Å². The van der Waals surface area contributed by atoms with E-state index < -0.39 is 17.6 Å². The summed E-state index contributed by atoms with van der Waals surface area (Å²) in [6, 6.07) is 9.21. The second-order valence-corrected chi connectivity index (χ2v) is 6.23. The van der Waals surface area contributed by atoms with Crippen LogP contribution < -0.4 is 10.1 Å². The van der Waals surface area contributed by atoms with E-state index in [9.17, 15) is 18.0 Å². The molecule has 0 aliphatic heterocycles. The summed E-state index contributed by atoms with van der Waals surface area (Å²) in [6.45, 7) is 1.09. The van der Waals surface area contributed by atoms with E-state index in [4.69, 9.17) is 16.3 Å². The first-order valence-corrected chi connectivity index (χ1v) is 8.57. The summed E-state index contributed by atoms with van der Waals surface area (Å²) in [6.07, 6.45) is 0.676. The topological polar surface area (TPSA) is 56.1 Å². The van der Waals surface area contributed by atoms with Crippen LogP contribution in [0, 0.1) is 0 Å². The highest BCUT2D eigenvalue weighted by Crippen LogP contribution is 2.32. The van der Waals surface area contributed by atoms with E-state index in [2.05, 4.69) is 10.3 Å². The summed E-state index contributed by atoms with van der Waals surface area (Å²) in [4.78, 5) is 16.2. The number of halogens is 4. The maximum absolute atomic E-state index is 12.7. The Labute approximate surface area is 163 Å². The minimum atomic E-state index is -4.52. The smallest absolute Gasteiger partial charge is 0.416 e. The quantitative estimate of drug-likeness (QED) is 0.631. The molecule has 3 rings (SSSR count). The summed E-state index contributed by atoms with van der Waals surface area (Å²) >= 11 is 5.83. The average Bonchev–Trinajstić information content (AvgIpc) is 3.15. The van der Waals surface area contributed by atoms with Gasteiger partial charge in [-0.2, -0.15) is 13.2 Å². The van der Waals surface area contributed by atoms with Crippen molar-refractivity contribution in [2.24, 2.45) is 0 Å². The van der Waals surface area contributed by atoms with E-state index in [0.29, 0.717) is 24.6 Å². The Morgan fingerprint density at radius 2 is 1.93 bits per heavy atom. The van der Waals surface area contributed by atoms with Gasteiger partial charge in [-0.05, 0) is 42.5 Å². The van der Waals surface area contributed by atoms with Crippen LogP contribution in [0.5, 0.6) is 5.75 Å². The van der Waals surface area contributed by atoms with E-state index in [-0.39, 0.29) is 10.6 Å². The molecule has 1 N–H and O–H groups in total. The van der Waals surface area contributed by atoms with Gasteiger partial charge in [0.15, 0.2) is 0 Å². The Morgan fingerprint density at radius 3 is 2.54 bits per heavy atom. The van der Waals surface area contributed by atoms with Gasteiger partial charge in [0.25, 0.3) is 5.91 Å². The zero-order chi connectivity index (χ0) is 20.1. The van der Waals surface area contributed by atoms with Crippen molar-refractivity contribution >= 4 is 23.2 Å². The number of imidazole rings is 1. The highest BCUT2D eigenvalue weighted by Gasteiger charge is 2.31. The molecule has 2 aromatic carbocycles. The molecule has 146 valence electrons. The standard InChI is InChI=1S/C19H15ClF3N3O2/c20-17-11-13(19(21,22)23)1-6-16(17)18(27)25-14-2-4-15(5-3-14)28-10-9-26-8-7-24-12-26/h1-8,11-12H,9-10H2,(H,25,27). The summed E-state index contributed by atoms with van der Waals surface area (Å²) < 4.78 is 45.5. The number of benzene rings is 2. The molecule has 0 aliphatic carbocycles. The number of ether oxygens (including phenoxy) is 1. The molecule has 1 aromatic heterocycles. The predicted octanol–water partition coefficient (Wildman–Crippen LogP) is 4.89. The molecule has 0 aliphatic rings. The van der Waals surface area contributed by atoms with Gasteiger partial charge in [0.2, 0.25) is 0 Å². The largest absolute Gasteiger partial charge is 0.492 e. The molecule has 1 amide bonds. The Bertz CT molecular complexity index is 942. The van der Waals surface area contributed by atoms with E-state index in [1.54, 1.807) is 36.8 Å². The minimum absolute atomic E-state index is 0.0460. The molecule has 1 heterocycles. The third-order valence-corrected chi connectivity index (χ3v) is 4.14. The number of hydrogen-bond donors (Lipinski definition) is 1. The zero-order valence-corrected chi connectivity index (χ0v) is 15.2. The molecule has 0 bridgehead atoms. The van der Waals surface area contributed by atoms with Gasteiger partial charge in [-0.1, -0.05) is 11.6 Å². The fourth-order valence-electron chi connectivity index (χ4n) is 2.40. The van der Waals surface area contributed by atoms with Crippen molar-refractivity contribution in [3.8, 4) is 5.75 Å². The normalized spacial score (nSPS) is 11.3. The average molecular weight is 410 g/mol. The van der Waals surface area contributed by atoms with Gasteiger partial charge in [0.05, 0.1) is 29.0 Å². The lowest BCUT2D eigenvalue weighted by molar-refractivity contribution is -0.137. The van der Waals surface area contributed by atoms with E-state index in [1.165, 1.54) is 0 Å². The van der Waals surface area contributed by atoms with Crippen LogP contribution in [0.25, 0.3) is 0 Å². The van der Waals surface area contributed by atoms with E-state index in [1.807, 2.05) is 10.8 Å². The van der Waals surface area contributed by atoms with Crippen molar-refractivity contribution < 1.29 is 22.7 Å². The van der Waals surface area contributed by atoms with Crippen molar-refractivity contribution in [1.82, 2.24) is 9.55 Å². The highest BCUT2D eigenvalue weighted by atomic mass is 35.5. The number of nitrogens with zero attached hydrogens (tertiary/aromatic N) is 2. The van der Waals surface area contributed by atoms with Gasteiger partial charge in [-0.15, -0.1) is 0 Å². The Hall–Kier alpha value is -3.00. The maximum atomic E-state index is 12.7. The van der Waals surface area contributed by atoms with Crippen LogP contribution in [0.15, 0.2) is 61.2 Å². The van der Waals surface area contributed by atoms with Crippen molar-refractivity contribution in [3.05, 3.63) is 77.3 Å². The second-order valence-electron chi connectivity index (χ2n) is 5.82. The molecule has 0 saturated carbocycles. The first-order valence-electron chi connectivity index (χ1n) is 8.19. The van der Waals surface area contributed by atoms with Crippen LogP contribution in [0.4, 0.5) is 18.9 Å². The maximum Gasteiger partial charge on any atom is 0.416 e. The molecule has 9 heteroatoms. The lowest BCUT2D eigenvalue weighted by Gasteiger charge is -2.11. The van der Waals surface area contributed by atoms with Crippen LogP contribution in [-0.2, 0) is 12.7 Å². The molecule has 0 saturated heterocycles.